The number of piperidine rings is 1. The molecule has 0 saturated carbocycles. The summed E-state index contributed by atoms with van der Waals surface area (Å²) in [5.74, 6) is 0.102. The first kappa shape index (κ1) is 15.3. The summed E-state index contributed by atoms with van der Waals surface area (Å²) in [6.07, 6.45) is 8.68. The van der Waals surface area contributed by atoms with E-state index in [-0.39, 0.29) is 18.1 Å². The zero-order chi connectivity index (χ0) is 17.0. The summed E-state index contributed by atoms with van der Waals surface area (Å²) < 4.78 is 8.17. The van der Waals surface area contributed by atoms with E-state index in [4.69, 9.17) is 9.72 Å². The number of hydrogen-bond acceptors (Lipinski definition) is 4. The van der Waals surface area contributed by atoms with E-state index in [1.807, 2.05) is 36.3 Å². The molecule has 1 spiro atoms. The number of fused-ring (bicyclic) bond motifs is 3. The molecule has 6 heteroatoms. The molecular formula is C19H24N4O2. The highest BCUT2D eigenvalue weighted by molar-refractivity contribution is 5.78. The Balaban J connectivity index is 1.34. The Morgan fingerprint density at radius 3 is 2.80 bits per heavy atom. The number of ether oxygens (including phenoxy) is 1. The van der Waals surface area contributed by atoms with Crippen molar-refractivity contribution in [2.24, 2.45) is 0 Å². The summed E-state index contributed by atoms with van der Waals surface area (Å²) in [4.78, 5) is 21.0. The summed E-state index contributed by atoms with van der Waals surface area (Å²) in [7, 11) is 1.90. The smallest absolute Gasteiger partial charge is 0.248 e. The Morgan fingerprint density at radius 1 is 1.28 bits per heavy atom. The Hall–Kier alpha value is -1.92. The van der Waals surface area contributed by atoms with Gasteiger partial charge >= 0.3 is 0 Å². The van der Waals surface area contributed by atoms with E-state index in [0.29, 0.717) is 12.1 Å². The summed E-state index contributed by atoms with van der Waals surface area (Å²) in [6, 6.07) is 7.17. The average Bonchev–Trinajstić information content (AvgIpc) is 3.11. The van der Waals surface area contributed by atoms with Gasteiger partial charge in [0.15, 0.2) is 0 Å². The van der Waals surface area contributed by atoms with Crippen LogP contribution in [0, 0.1) is 0 Å². The number of hydrogen-bond donors (Lipinski definition) is 0. The predicted octanol–water partition coefficient (Wildman–Crippen LogP) is 1.69. The molecule has 0 aliphatic carbocycles. The molecule has 2 bridgehead atoms. The second-order valence-electron chi connectivity index (χ2n) is 7.89. The van der Waals surface area contributed by atoms with E-state index in [1.54, 1.807) is 0 Å². The molecule has 2 unspecified atom stereocenters. The van der Waals surface area contributed by atoms with Gasteiger partial charge in [-0.2, -0.15) is 0 Å². The quantitative estimate of drug-likeness (QED) is 0.835. The van der Waals surface area contributed by atoms with Gasteiger partial charge in [-0.05, 0) is 37.8 Å². The van der Waals surface area contributed by atoms with Crippen LogP contribution in [0.15, 0.2) is 30.6 Å². The van der Waals surface area contributed by atoms with E-state index < -0.39 is 0 Å². The Morgan fingerprint density at radius 2 is 2.08 bits per heavy atom. The van der Waals surface area contributed by atoms with Gasteiger partial charge in [-0.1, -0.05) is 6.07 Å². The highest BCUT2D eigenvalue weighted by atomic mass is 16.5. The molecular weight excluding hydrogens is 316 g/mol. The van der Waals surface area contributed by atoms with Crippen molar-refractivity contribution in [3.05, 3.63) is 36.3 Å². The topological polar surface area (TPSA) is 50.1 Å². The first-order chi connectivity index (χ1) is 12.1. The van der Waals surface area contributed by atoms with Crippen molar-refractivity contribution in [1.82, 2.24) is 19.2 Å². The van der Waals surface area contributed by atoms with Gasteiger partial charge in [-0.3, -0.25) is 9.69 Å². The van der Waals surface area contributed by atoms with E-state index in [0.717, 1.165) is 37.3 Å². The van der Waals surface area contributed by atoms with Gasteiger partial charge in [-0.25, -0.2) is 4.98 Å². The van der Waals surface area contributed by atoms with Gasteiger partial charge in [0.2, 0.25) is 5.91 Å². The van der Waals surface area contributed by atoms with Crippen LogP contribution in [0.1, 0.15) is 31.4 Å². The van der Waals surface area contributed by atoms with Crippen LogP contribution in [0.4, 0.5) is 0 Å². The SMILES string of the molecule is CN1CC2(CC3CCC(C2)N3Cc2cn3ccccc3n2)OCC1=O. The molecule has 5 rings (SSSR count). The maximum Gasteiger partial charge on any atom is 0.248 e. The number of carbonyl (C=O) groups excluding carboxylic acids is 1. The first-order valence-corrected chi connectivity index (χ1v) is 9.18. The lowest BCUT2D eigenvalue weighted by molar-refractivity contribution is -0.174. The fraction of sp³-hybridized carbons (Fsp3) is 0.579. The Bertz CT molecular complexity index is 770. The van der Waals surface area contributed by atoms with Crippen LogP contribution in [-0.2, 0) is 16.1 Å². The highest BCUT2D eigenvalue weighted by Gasteiger charge is 2.51. The van der Waals surface area contributed by atoms with Gasteiger partial charge in [0.25, 0.3) is 0 Å². The van der Waals surface area contributed by atoms with Gasteiger partial charge in [-0.15, -0.1) is 0 Å². The molecule has 0 radical (unpaired) electrons. The molecule has 0 aromatic carbocycles. The molecule has 132 valence electrons. The van der Waals surface area contributed by atoms with Crippen LogP contribution in [0.3, 0.4) is 0 Å². The minimum atomic E-state index is -0.135. The van der Waals surface area contributed by atoms with Crippen molar-refractivity contribution in [3.63, 3.8) is 0 Å². The third-order valence-corrected chi connectivity index (χ3v) is 6.20. The third kappa shape index (κ3) is 2.55. The zero-order valence-electron chi connectivity index (χ0n) is 14.6. The van der Waals surface area contributed by atoms with Crippen LogP contribution < -0.4 is 0 Å². The molecule has 5 heterocycles. The van der Waals surface area contributed by atoms with Crippen molar-refractivity contribution >= 4 is 11.6 Å². The molecule has 25 heavy (non-hydrogen) atoms. The molecule has 1 amide bonds. The van der Waals surface area contributed by atoms with Crippen molar-refractivity contribution in [2.45, 2.75) is 49.9 Å². The standard InChI is InChI=1S/C19H24N4O2/c1-21-13-19(25-12-18(21)24)8-15-5-6-16(9-19)23(15)11-14-10-22-7-3-2-4-17(22)20-14/h2-4,7,10,15-16H,5-6,8-9,11-13H2,1H3. The fourth-order valence-corrected chi connectivity index (χ4v) is 5.04. The monoisotopic (exact) mass is 340 g/mol. The first-order valence-electron chi connectivity index (χ1n) is 9.18. The van der Waals surface area contributed by atoms with Crippen LogP contribution >= 0.6 is 0 Å². The second-order valence-corrected chi connectivity index (χ2v) is 7.89. The lowest BCUT2D eigenvalue weighted by Gasteiger charge is -2.49. The third-order valence-electron chi connectivity index (χ3n) is 6.20. The molecule has 3 aliphatic heterocycles. The fourth-order valence-electron chi connectivity index (χ4n) is 5.04. The molecule has 2 aromatic rings. The van der Waals surface area contributed by atoms with Crippen LogP contribution in [-0.4, -0.2) is 63.0 Å². The molecule has 2 aromatic heterocycles. The van der Waals surface area contributed by atoms with Gasteiger partial charge in [0, 0.05) is 44.6 Å². The number of nitrogens with zero attached hydrogens (tertiary/aromatic N) is 4. The lowest BCUT2D eigenvalue weighted by atomic mass is 9.84. The largest absolute Gasteiger partial charge is 0.363 e. The summed E-state index contributed by atoms with van der Waals surface area (Å²) >= 11 is 0. The Kier molecular flexibility index (Phi) is 3.40. The van der Waals surface area contributed by atoms with Crippen LogP contribution in [0.2, 0.25) is 0 Å². The van der Waals surface area contributed by atoms with Gasteiger partial charge < -0.3 is 14.0 Å². The normalized spacial score (nSPS) is 32.8. The second kappa shape index (κ2) is 5.54. The lowest BCUT2D eigenvalue weighted by Crippen LogP contribution is -2.60. The van der Waals surface area contributed by atoms with E-state index in [1.165, 1.54) is 12.8 Å². The van der Waals surface area contributed by atoms with Crippen molar-refractivity contribution in [1.29, 1.82) is 0 Å². The zero-order valence-corrected chi connectivity index (χ0v) is 14.6. The van der Waals surface area contributed by atoms with E-state index in [9.17, 15) is 4.79 Å². The molecule has 3 fully saturated rings. The van der Waals surface area contributed by atoms with Gasteiger partial charge in [0.05, 0.1) is 11.3 Å². The predicted molar refractivity (Wildman–Crippen MR) is 93.1 cm³/mol. The number of pyridine rings is 1. The van der Waals surface area contributed by atoms with E-state index in [2.05, 4.69) is 15.5 Å². The van der Waals surface area contributed by atoms with Crippen molar-refractivity contribution in [3.8, 4) is 0 Å². The van der Waals surface area contributed by atoms with Crippen LogP contribution in [0.5, 0.6) is 0 Å². The number of aromatic nitrogens is 2. The molecule has 6 nitrogen and oxygen atoms in total. The molecule has 2 atom stereocenters. The summed E-state index contributed by atoms with van der Waals surface area (Å²) in [5, 5.41) is 0. The maximum atomic E-state index is 11.8. The number of morpholine rings is 1. The number of rotatable bonds is 2. The van der Waals surface area contributed by atoms with Crippen LogP contribution in [0.25, 0.3) is 5.65 Å². The van der Waals surface area contributed by atoms with Gasteiger partial charge in [0.1, 0.15) is 12.3 Å². The number of imidazole rings is 1. The number of amides is 1. The van der Waals surface area contributed by atoms with E-state index >= 15 is 0 Å². The summed E-state index contributed by atoms with van der Waals surface area (Å²) in [6.45, 7) is 1.88. The highest BCUT2D eigenvalue weighted by Crippen LogP contribution is 2.44. The molecule has 0 N–H and O–H groups in total. The minimum absolute atomic E-state index is 0.102. The maximum absolute atomic E-state index is 11.8. The average molecular weight is 340 g/mol. The molecule has 3 aliphatic rings. The number of likely N-dealkylation sites (N-methyl/N-ethyl adjacent to an activating group) is 1. The summed E-state index contributed by atoms with van der Waals surface area (Å²) in [5.41, 5.74) is 2.01. The minimum Gasteiger partial charge on any atom is -0.363 e. The molecule has 3 saturated heterocycles. The van der Waals surface area contributed by atoms with Crippen molar-refractivity contribution < 1.29 is 9.53 Å². The van der Waals surface area contributed by atoms with Crippen molar-refractivity contribution in [2.75, 3.05) is 20.2 Å². The number of carbonyl (C=O) groups is 1. The Labute approximate surface area is 147 Å².